The number of carbonyl (C=O) groups is 1. The van der Waals surface area contributed by atoms with E-state index in [0.717, 1.165) is 55.3 Å². The molecule has 4 rings (SSSR count). The van der Waals surface area contributed by atoms with Crippen LogP contribution in [0.25, 0.3) is 21.5 Å². The van der Waals surface area contributed by atoms with Crippen LogP contribution in [0.15, 0.2) is 35.2 Å². The van der Waals surface area contributed by atoms with Crippen LogP contribution in [0, 0.1) is 0 Å². The normalized spacial score (nSPS) is 15.4. The Balaban J connectivity index is 1.38. The fourth-order valence-electron chi connectivity index (χ4n) is 3.38. The molecule has 8 nitrogen and oxygen atoms in total. The fourth-order valence-corrected chi connectivity index (χ4v) is 4.26. The molecule has 0 saturated carbocycles. The molecule has 3 aromatic heterocycles. The van der Waals surface area contributed by atoms with Crippen molar-refractivity contribution in [2.24, 2.45) is 0 Å². The molecule has 0 aromatic carbocycles. The molecule has 0 atom stereocenters. The van der Waals surface area contributed by atoms with E-state index < -0.39 is 0 Å². The van der Waals surface area contributed by atoms with Crippen molar-refractivity contribution < 1.29 is 9.21 Å². The average molecular weight is 427 g/mol. The smallest absolute Gasteiger partial charge is 0.226 e. The number of rotatable bonds is 7. The third-order valence-corrected chi connectivity index (χ3v) is 6.21. The number of aromatic nitrogens is 3. The highest BCUT2D eigenvalue weighted by molar-refractivity contribution is 7.18. The number of nitrogens with one attached hydrogen (secondary N) is 1. The van der Waals surface area contributed by atoms with Crippen molar-refractivity contribution in [2.75, 3.05) is 45.1 Å². The van der Waals surface area contributed by atoms with Crippen molar-refractivity contribution in [1.82, 2.24) is 24.8 Å². The summed E-state index contributed by atoms with van der Waals surface area (Å²) in [6.45, 7) is 6.95. The first-order valence-electron chi connectivity index (χ1n) is 10.2. The summed E-state index contributed by atoms with van der Waals surface area (Å²) in [5.41, 5.74) is 1.15. The van der Waals surface area contributed by atoms with Gasteiger partial charge in [-0.3, -0.25) is 4.79 Å². The Labute approximate surface area is 180 Å². The van der Waals surface area contributed by atoms with Crippen LogP contribution in [0.5, 0.6) is 0 Å². The summed E-state index contributed by atoms with van der Waals surface area (Å²) in [6, 6.07) is 3.68. The second-order valence-electron chi connectivity index (χ2n) is 7.37. The van der Waals surface area contributed by atoms with Gasteiger partial charge in [-0.1, -0.05) is 6.92 Å². The van der Waals surface area contributed by atoms with E-state index in [2.05, 4.69) is 44.0 Å². The maximum absolute atomic E-state index is 12.4. The monoisotopic (exact) mass is 426 g/mol. The Morgan fingerprint density at radius 3 is 2.87 bits per heavy atom. The Morgan fingerprint density at radius 1 is 1.23 bits per heavy atom. The molecule has 3 aromatic rings. The number of piperazine rings is 1. The number of nitrogens with zero attached hydrogens (tertiary/aromatic N) is 5. The number of furan rings is 1. The first-order valence-corrected chi connectivity index (χ1v) is 11.0. The minimum atomic E-state index is -0.0402. The lowest BCUT2D eigenvalue weighted by atomic mass is 10.2. The molecule has 1 fully saturated rings. The molecule has 4 heterocycles. The molecule has 1 saturated heterocycles. The predicted octanol–water partition coefficient (Wildman–Crippen LogP) is 3.00. The average Bonchev–Trinajstić information content (AvgIpc) is 3.42. The van der Waals surface area contributed by atoms with Crippen molar-refractivity contribution in [3.8, 4) is 21.5 Å². The lowest BCUT2D eigenvalue weighted by Crippen LogP contribution is -2.45. The van der Waals surface area contributed by atoms with Gasteiger partial charge in [-0.05, 0) is 31.2 Å². The molecule has 0 radical (unpaired) electrons. The molecule has 1 aliphatic heterocycles. The number of amides is 1. The molecule has 158 valence electrons. The van der Waals surface area contributed by atoms with Crippen molar-refractivity contribution in [1.29, 1.82) is 0 Å². The lowest BCUT2D eigenvalue weighted by molar-refractivity contribution is -0.116. The number of carbonyl (C=O) groups excluding carboxylic acids is 1. The standard InChI is InChI=1S/C21H26N6O2S/c1-3-15-6-13-29-19(15)16-14-23-21(30-16)20-22-7-4-17(25-20)24-18(28)5-8-27-11-9-26(2)10-12-27/h4,6-7,13-14H,3,5,8-12H2,1-2H3,(H,22,24,25,28). The molecule has 1 amide bonds. The Bertz CT molecular complexity index is 993. The molecule has 0 spiro atoms. The van der Waals surface area contributed by atoms with E-state index in [1.54, 1.807) is 24.7 Å². The summed E-state index contributed by atoms with van der Waals surface area (Å²) in [4.78, 5) is 31.2. The largest absolute Gasteiger partial charge is 0.463 e. The lowest BCUT2D eigenvalue weighted by Gasteiger charge is -2.32. The van der Waals surface area contributed by atoms with E-state index in [1.165, 1.54) is 11.3 Å². The van der Waals surface area contributed by atoms with Crippen LogP contribution < -0.4 is 5.32 Å². The van der Waals surface area contributed by atoms with Gasteiger partial charge in [-0.15, -0.1) is 11.3 Å². The highest BCUT2D eigenvalue weighted by atomic mass is 32.1. The van der Waals surface area contributed by atoms with Crippen LogP contribution in [-0.4, -0.2) is 70.4 Å². The van der Waals surface area contributed by atoms with E-state index in [-0.39, 0.29) is 5.91 Å². The second kappa shape index (κ2) is 9.46. The number of likely N-dealkylation sites (N-methyl/N-ethyl adjacent to an activating group) is 1. The van der Waals surface area contributed by atoms with Crippen molar-refractivity contribution in [2.45, 2.75) is 19.8 Å². The van der Waals surface area contributed by atoms with Gasteiger partial charge in [-0.2, -0.15) is 0 Å². The van der Waals surface area contributed by atoms with Gasteiger partial charge in [0.1, 0.15) is 11.6 Å². The Hall–Kier alpha value is -2.62. The van der Waals surface area contributed by atoms with Crippen molar-refractivity contribution >= 4 is 23.1 Å². The topological polar surface area (TPSA) is 87.4 Å². The predicted molar refractivity (Wildman–Crippen MR) is 117 cm³/mol. The first-order chi connectivity index (χ1) is 14.6. The van der Waals surface area contributed by atoms with Crippen molar-refractivity contribution in [3.05, 3.63) is 36.4 Å². The summed E-state index contributed by atoms with van der Waals surface area (Å²) in [6.07, 6.45) is 6.46. The van der Waals surface area contributed by atoms with E-state index in [9.17, 15) is 4.79 Å². The van der Waals surface area contributed by atoms with Crippen LogP contribution in [0.4, 0.5) is 5.82 Å². The van der Waals surface area contributed by atoms with Crippen LogP contribution in [0.1, 0.15) is 18.9 Å². The van der Waals surface area contributed by atoms with E-state index in [1.807, 2.05) is 6.07 Å². The highest BCUT2D eigenvalue weighted by Gasteiger charge is 2.16. The molecule has 9 heteroatoms. The minimum absolute atomic E-state index is 0.0402. The van der Waals surface area contributed by atoms with Crippen LogP contribution in [-0.2, 0) is 11.2 Å². The molecule has 1 aliphatic rings. The van der Waals surface area contributed by atoms with Gasteiger partial charge in [-0.25, -0.2) is 15.0 Å². The third kappa shape index (κ3) is 4.92. The number of hydrogen-bond donors (Lipinski definition) is 1. The van der Waals surface area contributed by atoms with E-state index >= 15 is 0 Å². The maximum Gasteiger partial charge on any atom is 0.226 e. The molecular weight excluding hydrogens is 400 g/mol. The second-order valence-corrected chi connectivity index (χ2v) is 8.40. The van der Waals surface area contributed by atoms with Crippen molar-refractivity contribution in [3.63, 3.8) is 0 Å². The number of aryl methyl sites for hydroxylation is 1. The van der Waals surface area contributed by atoms with Gasteiger partial charge in [0, 0.05) is 51.5 Å². The summed E-state index contributed by atoms with van der Waals surface area (Å²) >= 11 is 1.48. The highest BCUT2D eigenvalue weighted by Crippen LogP contribution is 2.33. The zero-order chi connectivity index (χ0) is 20.9. The van der Waals surface area contributed by atoms with Crippen LogP contribution >= 0.6 is 11.3 Å². The van der Waals surface area contributed by atoms with Gasteiger partial charge in [0.2, 0.25) is 5.91 Å². The molecule has 0 aliphatic carbocycles. The van der Waals surface area contributed by atoms with Gasteiger partial charge >= 0.3 is 0 Å². The molecular formula is C21H26N6O2S. The molecule has 30 heavy (non-hydrogen) atoms. The maximum atomic E-state index is 12.4. The fraction of sp³-hybridized carbons (Fsp3) is 0.429. The van der Waals surface area contributed by atoms with Gasteiger partial charge in [0.25, 0.3) is 0 Å². The third-order valence-electron chi connectivity index (χ3n) is 5.22. The number of anilines is 1. The number of thiazole rings is 1. The van der Waals surface area contributed by atoms with Gasteiger partial charge in [0.15, 0.2) is 10.8 Å². The summed E-state index contributed by atoms with van der Waals surface area (Å²) in [5.74, 6) is 1.79. The van der Waals surface area contributed by atoms with E-state index in [4.69, 9.17) is 4.42 Å². The minimum Gasteiger partial charge on any atom is -0.463 e. The van der Waals surface area contributed by atoms with Crippen LogP contribution in [0.2, 0.25) is 0 Å². The Morgan fingerprint density at radius 2 is 2.07 bits per heavy atom. The molecule has 1 N–H and O–H groups in total. The van der Waals surface area contributed by atoms with Gasteiger partial charge < -0.3 is 19.5 Å². The zero-order valence-electron chi connectivity index (χ0n) is 17.3. The van der Waals surface area contributed by atoms with E-state index in [0.29, 0.717) is 23.1 Å². The molecule has 0 unspecified atom stereocenters. The zero-order valence-corrected chi connectivity index (χ0v) is 18.1. The summed E-state index contributed by atoms with van der Waals surface area (Å²) < 4.78 is 5.62. The van der Waals surface area contributed by atoms with Crippen LogP contribution in [0.3, 0.4) is 0 Å². The SMILES string of the molecule is CCc1ccoc1-c1cnc(-c2nccc(NC(=O)CCN3CCN(C)CC3)n2)s1. The summed E-state index contributed by atoms with van der Waals surface area (Å²) in [5, 5.41) is 3.58. The molecule has 0 bridgehead atoms. The number of hydrogen-bond acceptors (Lipinski definition) is 8. The first kappa shape index (κ1) is 20.6. The summed E-state index contributed by atoms with van der Waals surface area (Å²) in [7, 11) is 2.12. The Kier molecular flexibility index (Phi) is 6.51. The quantitative estimate of drug-likeness (QED) is 0.621. The van der Waals surface area contributed by atoms with Gasteiger partial charge in [0.05, 0.1) is 11.1 Å².